The molecular weight excluding hydrogens is 308 g/mol. The first-order valence-electron chi connectivity index (χ1n) is 5.68. The molecule has 0 radical (unpaired) electrons. The number of phosphoric ester groups is 1. The minimum Gasteiger partial charge on any atom is -0.404 e. The Kier molecular flexibility index (Phi) is 4.09. The molecule has 2 rings (SSSR count). The normalized spacial score (nSPS) is 12.2. The summed E-state index contributed by atoms with van der Waals surface area (Å²) < 4.78 is 52.9. The molecule has 0 saturated carbocycles. The van der Waals surface area contributed by atoms with E-state index in [-0.39, 0.29) is 5.75 Å². The van der Waals surface area contributed by atoms with Gasteiger partial charge in [0.2, 0.25) is 0 Å². The molecule has 0 aliphatic heterocycles. The maximum Gasteiger partial charge on any atom is 0.524 e. The van der Waals surface area contributed by atoms with Gasteiger partial charge in [-0.1, -0.05) is 24.3 Å². The number of benzene rings is 2. The second kappa shape index (κ2) is 5.52. The summed E-state index contributed by atoms with van der Waals surface area (Å²) in [5, 5.41) is 0. The largest absolute Gasteiger partial charge is 0.524 e. The van der Waals surface area contributed by atoms with Crippen LogP contribution < -0.4 is 4.52 Å². The quantitative estimate of drug-likeness (QED) is 0.844. The summed E-state index contributed by atoms with van der Waals surface area (Å²) in [4.78, 5) is 17.3. The molecule has 0 aliphatic carbocycles. The summed E-state index contributed by atoms with van der Waals surface area (Å²) in [6.07, 6.45) is -4.43. The van der Waals surface area contributed by atoms with Crippen LogP contribution >= 0.6 is 7.82 Å². The molecule has 4 nitrogen and oxygen atoms in total. The summed E-state index contributed by atoms with van der Waals surface area (Å²) in [5.74, 6) is -0.0703. The highest BCUT2D eigenvalue weighted by Crippen LogP contribution is 2.38. The molecular formula is C13H10F3O4P. The van der Waals surface area contributed by atoms with E-state index in [2.05, 4.69) is 4.52 Å². The number of alkyl halides is 3. The number of phosphoric acid groups is 1. The third-order valence-corrected chi connectivity index (χ3v) is 3.05. The van der Waals surface area contributed by atoms with Gasteiger partial charge in [-0.15, -0.1) is 0 Å². The Morgan fingerprint density at radius 2 is 1.57 bits per heavy atom. The molecule has 0 aliphatic rings. The van der Waals surface area contributed by atoms with Crippen molar-refractivity contribution in [1.29, 1.82) is 0 Å². The van der Waals surface area contributed by atoms with Crippen LogP contribution in [0.25, 0.3) is 11.1 Å². The second-order valence-electron chi connectivity index (χ2n) is 4.18. The maximum absolute atomic E-state index is 12.6. The lowest BCUT2D eigenvalue weighted by Crippen LogP contribution is -2.04. The number of hydrogen-bond acceptors (Lipinski definition) is 2. The Labute approximate surface area is 118 Å². The van der Waals surface area contributed by atoms with Crippen molar-refractivity contribution in [3.05, 3.63) is 54.1 Å². The molecule has 0 atom stereocenters. The Morgan fingerprint density at radius 3 is 2.10 bits per heavy atom. The summed E-state index contributed by atoms with van der Waals surface area (Å²) in [5.41, 5.74) is 0.0438. The monoisotopic (exact) mass is 318 g/mol. The van der Waals surface area contributed by atoms with Crippen LogP contribution in [-0.2, 0) is 10.7 Å². The van der Waals surface area contributed by atoms with E-state index in [9.17, 15) is 17.7 Å². The zero-order valence-electron chi connectivity index (χ0n) is 10.4. The van der Waals surface area contributed by atoms with Crippen LogP contribution in [0.4, 0.5) is 13.2 Å². The average Bonchev–Trinajstić information content (AvgIpc) is 2.37. The van der Waals surface area contributed by atoms with Gasteiger partial charge in [0, 0.05) is 0 Å². The second-order valence-corrected chi connectivity index (χ2v) is 5.35. The van der Waals surface area contributed by atoms with Gasteiger partial charge < -0.3 is 4.52 Å². The van der Waals surface area contributed by atoms with Crippen molar-refractivity contribution in [2.45, 2.75) is 6.18 Å². The van der Waals surface area contributed by atoms with Crippen LogP contribution in [0, 0.1) is 0 Å². The summed E-state index contributed by atoms with van der Waals surface area (Å²) >= 11 is 0. The van der Waals surface area contributed by atoms with Gasteiger partial charge in [-0.2, -0.15) is 13.2 Å². The first-order chi connectivity index (χ1) is 9.65. The Bertz CT molecular complexity index is 677. The topological polar surface area (TPSA) is 66.8 Å². The van der Waals surface area contributed by atoms with Crippen LogP contribution in [0.1, 0.15) is 5.56 Å². The lowest BCUT2D eigenvalue weighted by Gasteiger charge is -2.10. The van der Waals surface area contributed by atoms with Crippen molar-refractivity contribution in [2.75, 3.05) is 0 Å². The van der Waals surface area contributed by atoms with E-state index >= 15 is 0 Å². The van der Waals surface area contributed by atoms with Gasteiger partial charge in [-0.05, 0) is 35.4 Å². The molecule has 0 fully saturated rings. The van der Waals surface area contributed by atoms with Gasteiger partial charge in [-0.3, -0.25) is 9.79 Å². The highest BCUT2D eigenvalue weighted by atomic mass is 31.2. The van der Waals surface area contributed by atoms with Crippen LogP contribution in [0.5, 0.6) is 5.75 Å². The van der Waals surface area contributed by atoms with Gasteiger partial charge in [0.15, 0.2) is 0 Å². The van der Waals surface area contributed by atoms with E-state index in [0.29, 0.717) is 11.1 Å². The van der Waals surface area contributed by atoms with Crippen LogP contribution in [0.3, 0.4) is 0 Å². The highest BCUT2D eigenvalue weighted by molar-refractivity contribution is 7.46. The SMILES string of the molecule is O=P(O)(O)Oc1ccc(-c2cccc(C(F)(F)F)c2)cc1. The smallest absolute Gasteiger partial charge is 0.404 e. The first-order valence-corrected chi connectivity index (χ1v) is 7.21. The molecule has 0 bridgehead atoms. The summed E-state index contributed by atoms with van der Waals surface area (Å²) in [6.45, 7) is 0. The van der Waals surface area contributed by atoms with Crippen molar-refractivity contribution in [1.82, 2.24) is 0 Å². The molecule has 2 aromatic rings. The molecule has 0 saturated heterocycles. The number of halogens is 3. The minimum absolute atomic E-state index is 0.0703. The third kappa shape index (κ3) is 4.32. The fraction of sp³-hybridized carbons (Fsp3) is 0.0769. The molecule has 0 aromatic heterocycles. The van der Waals surface area contributed by atoms with Gasteiger partial charge in [-0.25, -0.2) is 4.57 Å². The van der Waals surface area contributed by atoms with Gasteiger partial charge >= 0.3 is 14.0 Å². The van der Waals surface area contributed by atoms with E-state index in [0.717, 1.165) is 12.1 Å². The Hall–Kier alpha value is -1.82. The zero-order valence-corrected chi connectivity index (χ0v) is 11.3. The third-order valence-electron chi connectivity index (χ3n) is 2.60. The number of hydrogen-bond donors (Lipinski definition) is 2. The average molecular weight is 318 g/mol. The lowest BCUT2D eigenvalue weighted by atomic mass is 10.0. The van der Waals surface area contributed by atoms with E-state index in [4.69, 9.17) is 9.79 Å². The van der Waals surface area contributed by atoms with E-state index in [1.807, 2.05) is 0 Å². The lowest BCUT2D eigenvalue weighted by molar-refractivity contribution is -0.137. The Balaban J connectivity index is 2.29. The first kappa shape index (κ1) is 15.6. The molecule has 0 heterocycles. The number of rotatable bonds is 3. The molecule has 2 N–H and O–H groups in total. The van der Waals surface area contributed by atoms with E-state index < -0.39 is 19.6 Å². The Morgan fingerprint density at radius 1 is 0.952 bits per heavy atom. The maximum atomic E-state index is 12.6. The van der Waals surface area contributed by atoms with E-state index in [1.54, 1.807) is 0 Å². The minimum atomic E-state index is -4.65. The molecule has 0 spiro atoms. The predicted molar refractivity (Wildman–Crippen MR) is 69.6 cm³/mol. The summed E-state index contributed by atoms with van der Waals surface area (Å²) in [6, 6.07) is 10.1. The van der Waals surface area contributed by atoms with Crippen LogP contribution in [0.2, 0.25) is 0 Å². The molecule has 0 amide bonds. The van der Waals surface area contributed by atoms with Gasteiger partial charge in [0.05, 0.1) is 5.56 Å². The predicted octanol–water partition coefficient (Wildman–Crippen LogP) is 3.84. The van der Waals surface area contributed by atoms with Crippen LogP contribution in [0.15, 0.2) is 48.5 Å². The highest BCUT2D eigenvalue weighted by Gasteiger charge is 2.30. The van der Waals surface area contributed by atoms with Crippen molar-refractivity contribution in [3.63, 3.8) is 0 Å². The molecule has 112 valence electrons. The summed E-state index contributed by atoms with van der Waals surface area (Å²) in [7, 11) is -4.65. The molecule has 2 aromatic carbocycles. The zero-order chi connectivity index (χ0) is 15.7. The molecule has 21 heavy (non-hydrogen) atoms. The van der Waals surface area contributed by atoms with E-state index in [1.165, 1.54) is 36.4 Å². The van der Waals surface area contributed by atoms with Crippen LogP contribution in [-0.4, -0.2) is 9.79 Å². The van der Waals surface area contributed by atoms with Crippen molar-refractivity contribution < 1.29 is 32.0 Å². The fourth-order valence-corrected chi connectivity index (χ4v) is 2.12. The van der Waals surface area contributed by atoms with Crippen molar-refractivity contribution in [3.8, 4) is 16.9 Å². The fourth-order valence-electron chi connectivity index (χ4n) is 1.72. The van der Waals surface area contributed by atoms with Crippen molar-refractivity contribution >= 4 is 7.82 Å². The standard InChI is InChI=1S/C13H10F3O4P/c14-13(15,16)11-3-1-2-10(8-11)9-4-6-12(7-5-9)20-21(17,18)19/h1-8H,(H2,17,18,19). The van der Waals surface area contributed by atoms with Crippen molar-refractivity contribution in [2.24, 2.45) is 0 Å². The van der Waals surface area contributed by atoms with Gasteiger partial charge in [0.1, 0.15) is 5.75 Å². The molecule has 0 unspecified atom stereocenters. The van der Waals surface area contributed by atoms with Gasteiger partial charge in [0.25, 0.3) is 0 Å². The molecule has 8 heteroatoms.